The zero-order valence-electron chi connectivity index (χ0n) is 12.0. The van der Waals surface area contributed by atoms with Gasteiger partial charge < -0.3 is 5.11 Å². The van der Waals surface area contributed by atoms with Crippen LogP contribution in [0.25, 0.3) is 0 Å². The maximum absolute atomic E-state index is 12.4. The summed E-state index contributed by atoms with van der Waals surface area (Å²) in [4.78, 5) is 4.34. The number of hydrogen-bond donors (Lipinski definition) is 2. The average Bonchev–Trinajstić information content (AvgIpc) is 2.94. The lowest BCUT2D eigenvalue weighted by molar-refractivity contribution is 0.281. The fraction of sp³-hybridized carbons (Fsp3) is 0.357. The van der Waals surface area contributed by atoms with E-state index in [9.17, 15) is 13.5 Å². The van der Waals surface area contributed by atoms with Gasteiger partial charge in [0.2, 0.25) is 10.0 Å². The Morgan fingerprint density at radius 1 is 1.33 bits per heavy atom. The Labute approximate surface area is 128 Å². The van der Waals surface area contributed by atoms with Crippen LogP contribution in [0.5, 0.6) is 0 Å². The van der Waals surface area contributed by atoms with E-state index in [4.69, 9.17) is 0 Å². The van der Waals surface area contributed by atoms with Crippen molar-refractivity contribution in [3.63, 3.8) is 0 Å². The first-order valence-electron chi connectivity index (χ1n) is 6.52. The summed E-state index contributed by atoms with van der Waals surface area (Å²) in [6.07, 6.45) is 0.556. The van der Waals surface area contributed by atoms with Crippen LogP contribution in [0.3, 0.4) is 0 Å². The maximum atomic E-state index is 12.4. The molecule has 0 radical (unpaired) electrons. The van der Waals surface area contributed by atoms with Crippen molar-refractivity contribution in [2.24, 2.45) is 0 Å². The number of hydrogen-bond acceptors (Lipinski definition) is 5. The first kappa shape index (κ1) is 16.1. The van der Waals surface area contributed by atoms with E-state index in [1.807, 2.05) is 12.3 Å². The second-order valence-corrected chi connectivity index (χ2v) is 7.28. The van der Waals surface area contributed by atoms with Crippen molar-refractivity contribution in [3.05, 3.63) is 45.4 Å². The highest BCUT2D eigenvalue weighted by Gasteiger charge is 2.18. The van der Waals surface area contributed by atoms with E-state index in [0.29, 0.717) is 24.1 Å². The highest BCUT2D eigenvalue weighted by atomic mass is 32.2. The molecule has 0 unspecified atom stereocenters. The standard InChI is InChI=1S/C14H18N2O3S2/c1-10-5-12(7-17)6-14(11(10)2)21(18,19)16-4-3-13-8-20-9-15-13/h5-6,8-9,16-17H,3-4,7H2,1-2H3. The predicted octanol–water partition coefficient (Wildman–Crippen LogP) is 1.77. The Balaban J connectivity index is 2.17. The maximum Gasteiger partial charge on any atom is 0.240 e. The van der Waals surface area contributed by atoms with Gasteiger partial charge in [0.25, 0.3) is 0 Å². The molecule has 0 spiro atoms. The van der Waals surface area contributed by atoms with Crippen molar-refractivity contribution >= 4 is 21.4 Å². The minimum Gasteiger partial charge on any atom is -0.392 e. The van der Waals surface area contributed by atoms with E-state index in [2.05, 4.69) is 9.71 Å². The number of aliphatic hydroxyl groups excluding tert-OH is 1. The van der Waals surface area contributed by atoms with E-state index in [-0.39, 0.29) is 11.5 Å². The van der Waals surface area contributed by atoms with E-state index in [1.165, 1.54) is 17.4 Å². The highest BCUT2D eigenvalue weighted by Crippen LogP contribution is 2.21. The van der Waals surface area contributed by atoms with Crippen molar-refractivity contribution in [3.8, 4) is 0 Å². The van der Waals surface area contributed by atoms with Crippen molar-refractivity contribution < 1.29 is 13.5 Å². The summed E-state index contributed by atoms with van der Waals surface area (Å²) < 4.78 is 27.4. The predicted molar refractivity (Wildman–Crippen MR) is 82.8 cm³/mol. The second-order valence-electron chi connectivity index (χ2n) is 4.82. The zero-order chi connectivity index (χ0) is 15.5. The molecule has 0 atom stereocenters. The summed E-state index contributed by atoms with van der Waals surface area (Å²) in [6.45, 7) is 3.73. The Bertz CT molecular complexity index is 710. The van der Waals surface area contributed by atoms with Crippen molar-refractivity contribution in [2.45, 2.75) is 31.8 Å². The molecule has 1 aromatic carbocycles. The van der Waals surface area contributed by atoms with Crippen LogP contribution in [0.2, 0.25) is 0 Å². The number of aliphatic hydroxyl groups is 1. The number of nitrogens with zero attached hydrogens (tertiary/aromatic N) is 1. The Hall–Kier alpha value is -1.28. The third kappa shape index (κ3) is 3.88. The Morgan fingerprint density at radius 3 is 2.71 bits per heavy atom. The van der Waals surface area contributed by atoms with Crippen molar-refractivity contribution in [2.75, 3.05) is 6.54 Å². The SMILES string of the molecule is Cc1cc(CO)cc(S(=O)(=O)NCCc2cscn2)c1C. The van der Waals surface area contributed by atoms with Crippen LogP contribution in [0.15, 0.2) is 27.9 Å². The summed E-state index contributed by atoms with van der Waals surface area (Å²) >= 11 is 1.49. The third-order valence-corrected chi connectivity index (χ3v) is 5.53. The van der Waals surface area contributed by atoms with Gasteiger partial charge in [-0.15, -0.1) is 11.3 Å². The number of sulfonamides is 1. The quantitative estimate of drug-likeness (QED) is 0.848. The third-order valence-electron chi connectivity index (χ3n) is 3.31. The molecule has 0 saturated heterocycles. The molecule has 114 valence electrons. The molecule has 1 heterocycles. The molecule has 0 bridgehead atoms. The Kier molecular flexibility index (Phi) is 5.10. The summed E-state index contributed by atoms with van der Waals surface area (Å²) in [6, 6.07) is 3.32. The molecule has 2 rings (SSSR count). The molecule has 5 nitrogen and oxygen atoms in total. The number of nitrogens with one attached hydrogen (secondary N) is 1. The first-order chi connectivity index (χ1) is 9.94. The normalized spacial score (nSPS) is 11.8. The van der Waals surface area contributed by atoms with Gasteiger partial charge in [-0.25, -0.2) is 18.1 Å². The van der Waals surface area contributed by atoms with Crippen LogP contribution in [0, 0.1) is 13.8 Å². The molecule has 0 aliphatic rings. The topological polar surface area (TPSA) is 79.3 Å². The molecule has 0 aliphatic carbocycles. The van der Waals surface area contributed by atoms with Gasteiger partial charge in [-0.2, -0.15) is 0 Å². The lowest BCUT2D eigenvalue weighted by Gasteiger charge is -2.12. The summed E-state index contributed by atoms with van der Waals surface area (Å²) in [5, 5.41) is 11.1. The first-order valence-corrected chi connectivity index (χ1v) is 8.94. The second kappa shape index (κ2) is 6.65. The van der Waals surface area contributed by atoms with E-state index in [1.54, 1.807) is 18.5 Å². The van der Waals surface area contributed by atoms with Crippen LogP contribution in [0.1, 0.15) is 22.4 Å². The number of aryl methyl sites for hydroxylation is 1. The zero-order valence-corrected chi connectivity index (χ0v) is 13.6. The van der Waals surface area contributed by atoms with E-state index < -0.39 is 10.0 Å². The molecule has 0 saturated carbocycles. The van der Waals surface area contributed by atoms with Crippen LogP contribution >= 0.6 is 11.3 Å². The molecular formula is C14H18N2O3S2. The van der Waals surface area contributed by atoms with E-state index in [0.717, 1.165) is 11.3 Å². The van der Waals surface area contributed by atoms with E-state index >= 15 is 0 Å². The molecule has 0 fully saturated rings. The fourth-order valence-corrected chi connectivity index (χ4v) is 4.01. The smallest absolute Gasteiger partial charge is 0.240 e. The largest absolute Gasteiger partial charge is 0.392 e. The summed E-state index contributed by atoms with van der Waals surface area (Å²) in [5.74, 6) is 0. The Morgan fingerprint density at radius 2 is 2.10 bits per heavy atom. The van der Waals surface area contributed by atoms with Gasteiger partial charge in [0.1, 0.15) is 0 Å². The van der Waals surface area contributed by atoms with Gasteiger partial charge in [0.15, 0.2) is 0 Å². The van der Waals surface area contributed by atoms with Gasteiger partial charge in [0, 0.05) is 18.3 Å². The molecule has 0 amide bonds. The minimum absolute atomic E-state index is 0.178. The molecular weight excluding hydrogens is 308 g/mol. The highest BCUT2D eigenvalue weighted by molar-refractivity contribution is 7.89. The molecule has 2 N–H and O–H groups in total. The molecule has 7 heteroatoms. The monoisotopic (exact) mass is 326 g/mol. The molecule has 2 aromatic rings. The number of benzene rings is 1. The van der Waals surface area contributed by atoms with Gasteiger partial charge >= 0.3 is 0 Å². The lowest BCUT2D eigenvalue weighted by atomic mass is 10.1. The average molecular weight is 326 g/mol. The summed E-state index contributed by atoms with van der Waals surface area (Å²) in [7, 11) is -3.58. The van der Waals surface area contributed by atoms with Crippen LogP contribution < -0.4 is 4.72 Å². The lowest BCUT2D eigenvalue weighted by Crippen LogP contribution is -2.27. The van der Waals surface area contributed by atoms with Crippen LogP contribution in [0.4, 0.5) is 0 Å². The number of rotatable bonds is 6. The minimum atomic E-state index is -3.58. The van der Waals surface area contributed by atoms with Gasteiger partial charge in [-0.3, -0.25) is 0 Å². The van der Waals surface area contributed by atoms with Crippen molar-refractivity contribution in [1.82, 2.24) is 9.71 Å². The molecule has 0 aliphatic heterocycles. The molecule has 21 heavy (non-hydrogen) atoms. The number of aromatic nitrogens is 1. The van der Waals surface area contributed by atoms with Gasteiger partial charge in [0.05, 0.1) is 22.7 Å². The van der Waals surface area contributed by atoms with Gasteiger partial charge in [-0.1, -0.05) is 6.07 Å². The fourth-order valence-electron chi connectivity index (χ4n) is 2.02. The molecule has 1 aromatic heterocycles. The van der Waals surface area contributed by atoms with Crippen LogP contribution in [-0.2, 0) is 23.1 Å². The van der Waals surface area contributed by atoms with Gasteiger partial charge in [-0.05, 0) is 36.6 Å². The summed E-state index contributed by atoms with van der Waals surface area (Å²) in [5.41, 5.74) is 4.75. The number of thiazole rings is 1. The van der Waals surface area contributed by atoms with Crippen molar-refractivity contribution in [1.29, 1.82) is 0 Å². The van der Waals surface area contributed by atoms with Crippen LogP contribution in [-0.4, -0.2) is 25.1 Å².